The number of anilines is 1. The fourth-order valence-corrected chi connectivity index (χ4v) is 4.56. The average molecular weight is 401 g/mol. The summed E-state index contributed by atoms with van der Waals surface area (Å²) in [4.78, 5) is 28.1. The van der Waals surface area contributed by atoms with Gasteiger partial charge in [-0.15, -0.1) is 11.3 Å². The van der Waals surface area contributed by atoms with Crippen LogP contribution in [0.2, 0.25) is 0 Å². The van der Waals surface area contributed by atoms with Crippen LogP contribution in [-0.2, 0) is 9.53 Å². The molecule has 0 saturated carbocycles. The molecule has 8 heteroatoms. The number of nitrogens with zero attached hydrogens (tertiary/aromatic N) is 4. The second-order valence-corrected chi connectivity index (χ2v) is 7.99. The summed E-state index contributed by atoms with van der Waals surface area (Å²) in [5.41, 5.74) is 2.92. The summed E-state index contributed by atoms with van der Waals surface area (Å²) in [5, 5.41) is 6.96. The molecule has 0 amide bonds. The molecule has 1 aliphatic heterocycles. The molecule has 0 radical (unpaired) electrons. The molecule has 3 aromatic heterocycles. The number of esters is 1. The van der Waals surface area contributed by atoms with Gasteiger partial charge in [0.15, 0.2) is 0 Å². The van der Waals surface area contributed by atoms with E-state index < -0.39 is 0 Å². The van der Waals surface area contributed by atoms with Crippen LogP contribution >= 0.6 is 22.7 Å². The fraction of sp³-hybridized carbons (Fsp3) is 0.368. The van der Waals surface area contributed by atoms with Gasteiger partial charge in [0.05, 0.1) is 12.5 Å². The summed E-state index contributed by atoms with van der Waals surface area (Å²) in [6.45, 7) is 3.68. The molecule has 3 aromatic rings. The molecule has 1 aliphatic rings. The summed E-state index contributed by atoms with van der Waals surface area (Å²) in [6, 6.07) is 2.07. The third kappa shape index (κ3) is 3.86. The SMILES string of the molecule is CCOC(=O)[C@H]1CCCN(c2ncc(-c3ccsc3)c(-c3nccs3)n2)C1. The first kappa shape index (κ1) is 18.1. The smallest absolute Gasteiger partial charge is 0.310 e. The molecule has 6 nitrogen and oxygen atoms in total. The van der Waals surface area contributed by atoms with Crippen molar-refractivity contribution in [3.63, 3.8) is 0 Å². The van der Waals surface area contributed by atoms with Crippen LogP contribution in [0.4, 0.5) is 5.95 Å². The Balaban J connectivity index is 1.66. The minimum absolute atomic E-state index is 0.123. The van der Waals surface area contributed by atoms with Gasteiger partial charge in [0.2, 0.25) is 5.95 Å². The molecule has 140 valence electrons. The van der Waals surface area contributed by atoms with Crippen LogP contribution in [0.25, 0.3) is 21.8 Å². The Morgan fingerprint density at radius 1 is 1.37 bits per heavy atom. The van der Waals surface area contributed by atoms with Gasteiger partial charge in [-0.05, 0) is 42.2 Å². The number of hydrogen-bond donors (Lipinski definition) is 0. The van der Waals surface area contributed by atoms with Crippen LogP contribution < -0.4 is 4.90 Å². The van der Waals surface area contributed by atoms with E-state index in [1.165, 1.54) is 0 Å². The van der Waals surface area contributed by atoms with Gasteiger partial charge in [0.25, 0.3) is 0 Å². The highest BCUT2D eigenvalue weighted by molar-refractivity contribution is 7.13. The lowest BCUT2D eigenvalue weighted by atomic mass is 9.98. The molecule has 0 bridgehead atoms. The molecular formula is C19H20N4O2S2. The standard InChI is InChI=1S/C19H20N4O2S2/c1-2-25-18(24)13-4-3-7-23(11-13)19-21-10-15(14-5-8-26-12-14)16(22-19)17-20-6-9-27-17/h5-6,8-10,12-13H,2-4,7,11H2,1H3/t13-/m0/s1. The van der Waals surface area contributed by atoms with Gasteiger partial charge in [0.1, 0.15) is 10.7 Å². The van der Waals surface area contributed by atoms with Crippen molar-refractivity contribution in [2.75, 3.05) is 24.6 Å². The number of aromatic nitrogens is 3. The molecule has 1 atom stereocenters. The predicted molar refractivity (Wildman–Crippen MR) is 108 cm³/mol. The molecule has 0 unspecified atom stereocenters. The van der Waals surface area contributed by atoms with E-state index in [1.807, 2.05) is 23.9 Å². The van der Waals surface area contributed by atoms with Crippen LogP contribution in [0.1, 0.15) is 19.8 Å². The second kappa shape index (κ2) is 8.14. The van der Waals surface area contributed by atoms with Crippen molar-refractivity contribution < 1.29 is 9.53 Å². The van der Waals surface area contributed by atoms with Crippen LogP contribution in [0.3, 0.4) is 0 Å². The largest absolute Gasteiger partial charge is 0.466 e. The Morgan fingerprint density at radius 3 is 3.04 bits per heavy atom. The minimum Gasteiger partial charge on any atom is -0.466 e. The van der Waals surface area contributed by atoms with Crippen LogP contribution in [0.15, 0.2) is 34.6 Å². The first-order chi connectivity index (χ1) is 13.3. The van der Waals surface area contributed by atoms with Crippen molar-refractivity contribution in [2.24, 2.45) is 5.92 Å². The normalized spacial score (nSPS) is 17.1. The molecule has 0 aromatic carbocycles. The van der Waals surface area contributed by atoms with Gasteiger partial charge < -0.3 is 9.64 Å². The van der Waals surface area contributed by atoms with E-state index in [1.54, 1.807) is 28.9 Å². The van der Waals surface area contributed by atoms with Gasteiger partial charge >= 0.3 is 5.97 Å². The third-order valence-corrected chi connectivity index (χ3v) is 6.03. The van der Waals surface area contributed by atoms with E-state index in [9.17, 15) is 4.79 Å². The highest BCUT2D eigenvalue weighted by Gasteiger charge is 2.28. The lowest BCUT2D eigenvalue weighted by molar-refractivity contribution is -0.148. The number of rotatable bonds is 5. The molecule has 0 N–H and O–H groups in total. The monoisotopic (exact) mass is 400 g/mol. The predicted octanol–water partition coefficient (Wildman–Crippen LogP) is 4.11. The summed E-state index contributed by atoms with van der Waals surface area (Å²) < 4.78 is 5.20. The zero-order valence-corrected chi connectivity index (χ0v) is 16.6. The third-order valence-electron chi connectivity index (χ3n) is 4.57. The zero-order chi connectivity index (χ0) is 18.6. The lowest BCUT2D eigenvalue weighted by Gasteiger charge is -2.31. The van der Waals surface area contributed by atoms with Gasteiger partial charge in [-0.2, -0.15) is 11.3 Å². The number of ether oxygens (including phenoxy) is 1. The van der Waals surface area contributed by atoms with E-state index in [2.05, 4.69) is 26.3 Å². The van der Waals surface area contributed by atoms with Gasteiger partial charge in [-0.25, -0.2) is 15.0 Å². The maximum absolute atomic E-state index is 12.1. The fourth-order valence-electron chi connectivity index (χ4n) is 3.27. The molecule has 1 fully saturated rings. The first-order valence-corrected chi connectivity index (χ1v) is 10.8. The van der Waals surface area contributed by atoms with Crippen LogP contribution in [0, 0.1) is 5.92 Å². The van der Waals surface area contributed by atoms with Crippen molar-refractivity contribution in [1.29, 1.82) is 0 Å². The topological polar surface area (TPSA) is 68.2 Å². The Morgan fingerprint density at radius 2 is 2.30 bits per heavy atom. The van der Waals surface area contributed by atoms with Crippen molar-refractivity contribution in [2.45, 2.75) is 19.8 Å². The van der Waals surface area contributed by atoms with Crippen molar-refractivity contribution in [3.05, 3.63) is 34.6 Å². The van der Waals surface area contributed by atoms with E-state index in [4.69, 9.17) is 9.72 Å². The minimum atomic E-state index is -0.128. The summed E-state index contributed by atoms with van der Waals surface area (Å²) >= 11 is 3.21. The highest BCUT2D eigenvalue weighted by Crippen LogP contribution is 2.34. The Bertz CT molecular complexity index is 897. The van der Waals surface area contributed by atoms with Gasteiger partial charge in [0, 0.05) is 36.4 Å². The molecule has 27 heavy (non-hydrogen) atoms. The number of thiazole rings is 1. The Kier molecular flexibility index (Phi) is 5.45. The van der Waals surface area contributed by atoms with E-state index in [0.29, 0.717) is 19.1 Å². The number of piperidine rings is 1. The van der Waals surface area contributed by atoms with Crippen molar-refractivity contribution >= 4 is 34.6 Å². The molecular weight excluding hydrogens is 380 g/mol. The molecule has 0 aliphatic carbocycles. The van der Waals surface area contributed by atoms with Crippen molar-refractivity contribution in [3.8, 4) is 21.8 Å². The summed E-state index contributed by atoms with van der Waals surface area (Å²) in [7, 11) is 0. The summed E-state index contributed by atoms with van der Waals surface area (Å²) in [5.74, 6) is 0.396. The quantitative estimate of drug-likeness (QED) is 0.601. The van der Waals surface area contributed by atoms with E-state index in [-0.39, 0.29) is 11.9 Å². The first-order valence-electron chi connectivity index (χ1n) is 8.97. The number of hydrogen-bond acceptors (Lipinski definition) is 8. The Labute approximate surface area is 165 Å². The van der Waals surface area contributed by atoms with Crippen molar-refractivity contribution in [1.82, 2.24) is 15.0 Å². The number of carbonyl (C=O) groups excluding carboxylic acids is 1. The maximum atomic E-state index is 12.1. The zero-order valence-electron chi connectivity index (χ0n) is 15.0. The van der Waals surface area contributed by atoms with Crippen LogP contribution in [0.5, 0.6) is 0 Å². The van der Waals surface area contributed by atoms with Crippen LogP contribution in [-0.4, -0.2) is 40.6 Å². The summed E-state index contributed by atoms with van der Waals surface area (Å²) in [6.07, 6.45) is 5.43. The maximum Gasteiger partial charge on any atom is 0.310 e. The second-order valence-electron chi connectivity index (χ2n) is 6.32. The van der Waals surface area contributed by atoms with E-state index >= 15 is 0 Å². The number of thiophene rings is 1. The lowest BCUT2D eigenvalue weighted by Crippen LogP contribution is -2.40. The molecule has 4 rings (SSSR count). The van der Waals surface area contributed by atoms with Gasteiger partial charge in [-0.3, -0.25) is 4.79 Å². The van der Waals surface area contributed by atoms with E-state index in [0.717, 1.165) is 41.2 Å². The number of carbonyl (C=O) groups is 1. The highest BCUT2D eigenvalue weighted by atomic mass is 32.1. The molecule has 0 spiro atoms. The van der Waals surface area contributed by atoms with Gasteiger partial charge in [-0.1, -0.05) is 0 Å². The molecule has 4 heterocycles. The molecule has 1 saturated heterocycles. The average Bonchev–Trinajstić information content (AvgIpc) is 3.42. The Hall–Kier alpha value is -2.32.